The zero-order valence-electron chi connectivity index (χ0n) is 11.1. The molecule has 1 fully saturated rings. The molecule has 6 heteroatoms. The Labute approximate surface area is 121 Å². The van der Waals surface area contributed by atoms with Gasteiger partial charge in [0.25, 0.3) is 5.91 Å². The van der Waals surface area contributed by atoms with Crippen molar-refractivity contribution in [3.05, 3.63) is 34.7 Å². The van der Waals surface area contributed by atoms with Gasteiger partial charge in [0.05, 0.1) is 12.0 Å². The van der Waals surface area contributed by atoms with Crippen molar-refractivity contribution < 1.29 is 14.6 Å². The van der Waals surface area contributed by atoms with E-state index in [4.69, 9.17) is 9.84 Å². The van der Waals surface area contributed by atoms with E-state index in [1.807, 2.05) is 24.3 Å². The Morgan fingerprint density at radius 2 is 2.35 bits per heavy atom. The Bertz CT molecular complexity index is 555. The van der Waals surface area contributed by atoms with Crippen LogP contribution in [0.15, 0.2) is 34.2 Å². The molecule has 0 saturated carbocycles. The lowest BCUT2D eigenvalue weighted by Crippen LogP contribution is -2.20. The second kappa shape index (κ2) is 7.12. The van der Waals surface area contributed by atoms with Crippen molar-refractivity contribution in [3.63, 3.8) is 0 Å². The van der Waals surface area contributed by atoms with Crippen LogP contribution in [0.3, 0.4) is 0 Å². The number of hydrogen-bond donors (Lipinski definition) is 2. The molecule has 2 rings (SSSR count). The molecule has 0 radical (unpaired) electrons. The van der Waals surface area contributed by atoms with Gasteiger partial charge in [-0.3, -0.25) is 9.79 Å². The number of ether oxygens (including phenoxy) is 1. The second-order valence-corrected chi connectivity index (χ2v) is 5.14. The summed E-state index contributed by atoms with van der Waals surface area (Å²) in [5.74, 6) is 0.597. The summed E-state index contributed by atoms with van der Waals surface area (Å²) < 4.78 is 5.15. The molecule has 1 amide bonds. The van der Waals surface area contributed by atoms with Gasteiger partial charge in [0.2, 0.25) is 0 Å². The van der Waals surface area contributed by atoms with Crippen LogP contribution in [-0.4, -0.2) is 36.4 Å². The molecule has 0 bridgehead atoms. The monoisotopic (exact) mass is 292 g/mol. The normalized spacial score (nSPS) is 18.6. The molecule has 1 saturated heterocycles. The van der Waals surface area contributed by atoms with Gasteiger partial charge in [-0.2, -0.15) is 0 Å². The molecule has 106 valence electrons. The van der Waals surface area contributed by atoms with Crippen LogP contribution in [0.2, 0.25) is 0 Å². The molecule has 1 aliphatic rings. The number of carbonyl (C=O) groups is 1. The van der Waals surface area contributed by atoms with Crippen molar-refractivity contribution in [3.8, 4) is 5.75 Å². The maximum absolute atomic E-state index is 11.8. The van der Waals surface area contributed by atoms with Crippen LogP contribution in [-0.2, 0) is 4.79 Å². The minimum Gasteiger partial charge on any atom is -0.497 e. The van der Waals surface area contributed by atoms with Crippen LogP contribution in [0, 0.1) is 0 Å². The molecule has 0 atom stereocenters. The summed E-state index contributed by atoms with van der Waals surface area (Å²) in [6, 6.07) is 7.50. The van der Waals surface area contributed by atoms with E-state index >= 15 is 0 Å². The third-order valence-corrected chi connectivity index (χ3v) is 3.56. The minimum atomic E-state index is -0.152. The molecule has 0 aromatic heterocycles. The van der Waals surface area contributed by atoms with Crippen LogP contribution in [0.1, 0.15) is 12.0 Å². The van der Waals surface area contributed by atoms with E-state index in [1.54, 1.807) is 13.2 Å². The summed E-state index contributed by atoms with van der Waals surface area (Å²) >= 11 is 1.31. The number of carbonyl (C=O) groups excluding carboxylic acids is 1. The van der Waals surface area contributed by atoms with Gasteiger partial charge in [0.1, 0.15) is 5.75 Å². The number of amides is 1. The van der Waals surface area contributed by atoms with E-state index in [9.17, 15) is 4.79 Å². The first-order valence-electron chi connectivity index (χ1n) is 6.23. The average molecular weight is 292 g/mol. The number of hydrogen-bond acceptors (Lipinski definition) is 5. The highest BCUT2D eigenvalue weighted by atomic mass is 32.2. The smallest absolute Gasteiger partial charge is 0.264 e. The zero-order valence-corrected chi connectivity index (χ0v) is 11.9. The lowest BCUT2D eigenvalue weighted by Gasteiger charge is -2.00. The van der Waals surface area contributed by atoms with E-state index in [2.05, 4.69) is 10.3 Å². The van der Waals surface area contributed by atoms with E-state index in [1.165, 1.54) is 11.8 Å². The summed E-state index contributed by atoms with van der Waals surface area (Å²) in [4.78, 5) is 16.6. The summed E-state index contributed by atoms with van der Waals surface area (Å²) in [6.45, 7) is 0.605. The first-order valence-corrected chi connectivity index (χ1v) is 7.05. The van der Waals surface area contributed by atoms with E-state index < -0.39 is 0 Å². The Kier molecular flexibility index (Phi) is 5.20. The number of nitrogens with zero attached hydrogens (tertiary/aromatic N) is 1. The predicted octanol–water partition coefficient (Wildman–Crippen LogP) is 1.64. The first kappa shape index (κ1) is 14.6. The number of benzene rings is 1. The Balaban J connectivity index is 2.10. The van der Waals surface area contributed by atoms with E-state index in [-0.39, 0.29) is 12.5 Å². The van der Waals surface area contributed by atoms with Crippen LogP contribution in [0.25, 0.3) is 6.08 Å². The fourth-order valence-electron chi connectivity index (χ4n) is 1.64. The summed E-state index contributed by atoms with van der Waals surface area (Å²) in [5.41, 5.74) is 0.901. The highest BCUT2D eigenvalue weighted by molar-refractivity contribution is 8.18. The van der Waals surface area contributed by atoms with Crippen LogP contribution in [0.4, 0.5) is 0 Å². The highest BCUT2D eigenvalue weighted by Gasteiger charge is 2.23. The minimum absolute atomic E-state index is 0.0991. The van der Waals surface area contributed by atoms with Gasteiger partial charge in [-0.15, -0.1) is 0 Å². The lowest BCUT2D eigenvalue weighted by molar-refractivity contribution is -0.115. The summed E-state index contributed by atoms with van der Waals surface area (Å²) in [6.07, 6.45) is 2.39. The molecule has 0 unspecified atom stereocenters. The molecule has 1 aromatic rings. The van der Waals surface area contributed by atoms with Gasteiger partial charge >= 0.3 is 0 Å². The summed E-state index contributed by atoms with van der Waals surface area (Å²) in [7, 11) is 1.61. The number of nitrogens with one attached hydrogen (secondary N) is 1. The van der Waals surface area contributed by atoms with Crippen molar-refractivity contribution in [1.82, 2.24) is 5.32 Å². The van der Waals surface area contributed by atoms with Crippen LogP contribution in [0.5, 0.6) is 5.75 Å². The number of aliphatic hydroxyl groups excluding tert-OH is 1. The zero-order chi connectivity index (χ0) is 14.4. The largest absolute Gasteiger partial charge is 0.497 e. The number of aliphatic imine (C=N–C) groups is 1. The molecule has 1 aliphatic heterocycles. The molecule has 1 aromatic carbocycles. The maximum Gasteiger partial charge on any atom is 0.264 e. The third kappa shape index (κ3) is 3.85. The fraction of sp³-hybridized carbons (Fsp3) is 0.286. The highest BCUT2D eigenvalue weighted by Crippen LogP contribution is 2.26. The third-order valence-electron chi connectivity index (χ3n) is 2.61. The fourth-order valence-corrected chi connectivity index (χ4v) is 2.48. The van der Waals surface area contributed by atoms with Gasteiger partial charge in [-0.1, -0.05) is 12.1 Å². The number of amidine groups is 1. The number of thioether (sulfide) groups is 1. The van der Waals surface area contributed by atoms with E-state index in [0.717, 1.165) is 11.3 Å². The second-order valence-electron chi connectivity index (χ2n) is 4.11. The molecule has 0 spiro atoms. The number of methoxy groups -OCH3 is 1. The molecule has 1 heterocycles. The van der Waals surface area contributed by atoms with Crippen LogP contribution >= 0.6 is 11.8 Å². The standard InChI is InChI=1S/C14H16N2O3S/c1-19-11-5-2-4-10(8-11)9-12-13(18)16-14(20-12)15-6-3-7-17/h2,4-5,8-9,17H,3,6-7H2,1H3,(H,15,16,18)/b12-9-. The topological polar surface area (TPSA) is 70.9 Å². The Hall–Kier alpha value is -1.79. The number of aliphatic hydroxyl groups is 1. The van der Waals surface area contributed by atoms with Gasteiger partial charge in [0.15, 0.2) is 5.17 Å². The van der Waals surface area contributed by atoms with Gasteiger partial charge < -0.3 is 15.2 Å². The molecule has 2 N–H and O–H groups in total. The number of rotatable bonds is 5. The van der Waals surface area contributed by atoms with Crippen molar-refractivity contribution >= 4 is 28.9 Å². The van der Waals surface area contributed by atoms with Crippen molar-refractivity contribution in [1.29, 1.82) is 0 Å². The average Bonchev–Trinajstić information content (AvgIpc) is 2.80. The first-order chi connectivity index (χ1) is 9.72. The van der Waals surface area contributed by atoms with Crippen molar-refractivity contribution in [2.24, 2.45) is 4.99 Å². The maximum atomic E-state index is 11.8. The molecule has 5 nitrogen and oxygen atoms in total. The quantitative estimate of drug-likeness (QED) is 0.639. The predicted molar refractivity (Wildman–Crippen MR) is 80.7 cm³/mol. The Morgan fingerprint density at radius 3 is 3.10 bits per heavy atom. The van der Waals surface area contributed by atoms with Crippen LogP contribution < -0.4 is 10.1 Å². The Morgan fingerprint density at radius 1 is 1.50 bits per heavy atom. The van der Waals surface area contributed by atoms with Gasteiger partial charge in [-0.05, 0) is 42.0 Å². The van der Waals surface area contributed by atoms with E-state index in [0.29, 0.717) is 23.0 Å². The molecular formula is C14H16N2O3S. The van der Waals surface area contributed by atoms with Crippen molar-refractivity contribution in [2.75, 3.05) is 20.3 Å². The van der Waals surface area contributed by atoms with Gasteiger partial charge in [-0.25, -0.2) is 0 Å². The van der Waals surface area contributed by atoms with Crippen molar-refractivity contribution in [2.45, 2.75) is 6.42 Å². The summed E-state index contributed by atoms with van der Waals surface area (Å²) in [5, 5.41) is 12.0. The lowest BCUT2D eigenvalue weighted by atomic mass is 10.2. The molecule has 20 heavy (non-hydrogen) atoms. The molecule has 0 aliphatic carbocycles. The SMILES string of the molecule is COc1cccc(/C=C2\SC(=NCCCO)NC2=O)c1. The van der Waals surface area contributed by atoms with Gasteiger partial charge in [0, 0.05) is 13.2 Å². The molecular weight excluding hydrogens is 276 g/mol.